The number of amides is 1. The first-order valence-electron chi connectivity index (χ1n) is 7.60. The lowest BCUT2D eigenvalue weighted by Gasteiger charge is -2.43. The van der Waals surface area contributed by atoms with Crippen molar-refractivity contribution in [3.63, 3.8) is 0 Å². The second kappa shape index (κ2) is 5.97. The molecule has 6 nitrogen and oxygen atoms in total. The molecule has 3 heterocycles. The van der Waals surface area contributed by atoms with Gasteiger partial charge in [-0.25, -0.2) is 9.97 Å². The zero-order chi connectivity index (χ0) is 14.8. The van der Waals surface area contributed by atoms with Gasteiger partial charge >= 0.3 is 0 Å². The number of hydrogen-bond donors (Lipinski definition) is 1. The van der Waals surface area contributed by atoms with Crippen LogP contribution in [0.3, 0.4) is 0 Å². The minimum absolute atomic E-state index is 0.106. The van der Waals surface area contributed by atoms with Gasteiger partial charge in [-0.15, -0.1) is 0 Å². The Bertz CT molecular complexity index is 528. The molecule has 0 aromatic carbocycles. The van der Waals surface area contributed by atoms with Crippen molar-refractivity contribution in [2.75, 3.05) is 32.1 Å². The molecule has 1 N–H and O–H groups in total. The standard InChI is InChI=1S/C15H22N4O2/c1-10-17-12(9-14(16-2)18-10)13-3-6-19(13)15(20)11-4-7-21-8-5-11/h9,11,13H,3-8H2,1-2H3,(H,16,17,18)/t13-/m0/s1. The molecule has 0 bridgehead atoms. The normalized spacial score (nSPS) is 22.8. The maximum absolute atomic E-state index is 12.6. The monoisotopic (exact) mass is 290 g/mol. The first-order valence-corrected chi connectivity index (χ1v) is 7.60. The summed E-state index contributed by atoms with van der Waals surface area (Å²) in [6, 6.07) is 2.05. The van der Waals surface area contributed by atoms with Crippen LogP contribution in [0.5, 0.6) is 0 Å². The van der Waals surface area contributed by atoms with Gasteiger partial charge in [0, 0.05) is 38.8 Å². The lowest BCUT2D eigenvalue weighted by molar-refractivity contribution is -0.146. The zero-order valence-corrected chi connectivity index (χ0v) is 12.6. The smallest absolute Gasteiger partial charge is 0.226 e. The fourth-order valence-corrected chi connectivity index (χ4v) is 3.03. The van der Waals surface area contributed by atoms with Crippen molar-refractivity contribution in [3.8, 4) is 0 Å². The maximum Gasteiger partial charge on any atom is 0.226 e. The summed E-state index contributed by atoms with van der Waals surface area (Å²) in [6.07, 6.45) is 2.66. The Kier molecular flexibility index (Phi) is 4.05. The van der Waals surface area contributed by atoms with Crippen LogP contribution < -0.4 is 5.32 Å². The van der Waals surface area contributed by atoms with Gasteiger partial charge in [0.15, 0.2) is 0 Å². The number of carbonyl (C=O) groups is 1. The fourth-order valence-electron chi connectivity index (χ4n) is 3.03. The van der Waals surface area contributed by atoms with Crippen LogP contribution in [0.2, 0.25) is 0 Å². The minimum atomic E-state index is 0.106. The Labute approximate surface area is 124 Å². The maximum atomic E-state index is 12.6. The second-order valence-corrected chi connectivity index (χ2v) is 5.70. The molecule has 0 saturated carbocycles. The summed E-state index contributed by atoms with van der Waals surface area (Å²) in [4.78, 5) is 23.4. The van der Waals surface area contributed by atoms with Crippen molar-refractivity contribution in [1.29, 1.82) is 0 Å². The number of aryl methyl sites for hydroxylation is 1. The summed E-state index contributed by atoms with van der Waals surface area (Å²) in [5, 5.41) is 3.05. The zero-order valence-electron chi connectivity index (χ0n) is 12.6. The number of nitrogens with zero attached hydrogens (tertiary/aromatic N) is 3. The first-order chi connectivity index (χ1) is 10.2. The number of ether oxygens (including phenoxy) is 1. The second-order valence-electron chi connectivity index (χ2n) is 5.70. The largest absolute Gasteiger partial charge is 0.381 e. The highest BCUT2D eigenvalue weighted by Crippen LogP contribution is 2.35. The summed E-state index contributed by atoms with van der Waals surface area (Å²) in [7, 11) is 1.84. The van der Waals surface area contributed by atoms with E-state index in [-0.39, 0.29) is 17.9 Å². The topological polar surface area (TPSA) is 67.4 Å². The number of nitrogens with one attached hydrogen (secondary N) is 1. The van der Waals surface area contributed by atoms with E-state index < -0.39 is 0 Å². The van der Waals surface area contributed by atoms with Gasteiger partial charge in [-0.3, -0.25) is 4.79 Å². The average molecular weight is 290 g/mol. The quantitative estimate of drug-likeness (QED) is 0.914. The lowest BCUT2D eigenvalue weighted by atomic mass is 9.92. The van der Waals surface area contributed by atoms with Crippen LogP contribution in [0, 0.1) is 12.8 Å². The number of anilines is 1. The molecule has 21 heavy (non-hydrogen) atoms. The van der Waals surface area contributed by atoms with Crippen LogP contribution in [-0.4, -0.2) is 47.6 Å². The van der Waals surface area contributed by atoms with Gasteiger partial charge in [0.1, 0.15) is 11.6 Å². The Morgan fingerprint density at radius 1 is 1.33 bits per heavy atom. The van der Waals surface area contributed by atoms with Gasteiger partial charge in [-0.05, 0) is 26.2 Å². The number of rotatable bonds is 3. The van der Waals surface area contributed by atoms with E-state index in [1.54, 1.807) is 0 Å². The molecule has 0 unspecified atom stereocenters. The Morgan fingerprint density at radius 2 is 2.10 bits per heavy atom. The van der Waals surface area contributed by atoms with Gasteiger partial charge in [-0.1, -0.05) is 0 Å². The molecule has 2 fully saturated rings. The fraction of sp³-hybridized carbons (Fsp3) is 0.667. The van der Waals surface area contributed by atoms with Crippen molar-refractivity contribution in [1.82, 2.24) is 14.9 Å². The lowest BCUT2D eigenvalue weighted by Crippen LogP contribution is -2.49. The number of aromatic nitrogens is 2. The predicted octanol–water partition coefficient (Wildman–Crippen LogP) is 1.53. The van der Waals surface area contributed by atoms with Gasteiger partial charge in [0.25, 0.3) is 0 Å². The minimum Gasteiger partial charge on any atom is -0.381 e. The molecule has 1 amide bonds. The molecule has 1 atom stereocenters. The van der Waals surface area contributed by atoms with Crippen LogP contribution >= 0.6 is 0 Å². The third-order valence-electron chi connectivity index (χ3n) is 4.33. The van der Waals surface area contributed by atoms with Crippen molar-refractivity contribution >= 4 is 11.7 Å². The molecule has 0 radical (unpaired) electrons. The number of likely N-dealkylation sites (tertiary alicyclic amines) is 1. The van der Waals surface area contributed by atoms with E-state index in [2.05, 4.69) is 15.3 Å². The molecule has 2 aliphatic heterocycles. The van der Waals surface area contributed by atoms with E-state index in [0.717, 1.165) is 43.1 Å². The highest BCUT2D eigenvalue weighted by molar-refractivity contribution is 5.80. The molecular weight excluding hydrogens is 268 g/mol. The highest BCUT2D eigenvalue weighted by atomic mass is 16.5. The van der Waals surface area contributed by atoms with E-state index in [1.807, 2.05) is 24.9 Å². The summed E-state index contributed by atoms with van der Waals surface area (Å²) < 4.78 is 5.34. The highest BCUT2D eigenvalue weighted by Gasteiger charge is 2.38. The van der Waals surface area contributed by atoms with E-state index in [1.165, 1.54) is 0 Å². The molecule has 3 rings (SSSR count). The van der Waals surface area contributed by atoms with Gasteiger partial charge in [0.2, 0.25) is 5.91 Å². The van der Waals surface area contributed by atoms with Crippen molar-refractivity contribution in [3.05, 3.63) is 17.6 Å². The number of hydrogen-bond acceptors (Lipinski definition) is 5. The van der Waals surface area contributed by atoms with E-state index in [4.69, 9.17) is 4.74 Å². The first kappa shape index (κ1) is 14.3. The molecular formula is C15H22N4O2. The third-order valence-corrected chi connectivity index (χ3v) is 4.33. The summed E-state index contributed by atoms with van der Waals surface area (Å²) in [6.45, 7) is 4.11. The van der Waals surface area contributed by atoms with Crippen LogP contribution in [0.4, 0.5) is 5.82 Å². The molecule has 6 heteroatoms. The summed E-state index contributed by atoms with van der Waals surface area (Å²) in [5.74, 6) is 1.93. The van der Waals surface area contributed by atoms with E-state index in [9.17, 15) is 4.79 Å². The summed E-state index contributed by atoms with van der Waals surface area (Å²) in [5.41, 5.74) is 0.943. The molecule has 0 spiro atoms. The van der Waals surface area contributed by atoms with Gasteiger partial charge in [-0.2, -0.15) is 0 Å². The molecule has 1 aromatic heterocycles. The third kappa shape index (κ3) is 2.85. The number of carbonyl (C=O) groups excluding carboxylic acids is 1. The molecule has 114 valence electrons. The SMILES string of the molecule is CNc1cc([C@@H]2CCN2C(=O)C2CCOCC2)nc(C)n1. The Morgan fingerprint density at radius 3 is 2.71 bits per heavy atom. The van der Waals surface area contributed by atoms with Gasteiger partial charge in [0.05, 0.1) is 11.7 Å². The van der Waals surface area contributed by atoms with Crippen LogP contribution in [0.25, 0.3) is 0 Å². The Hall–Kier alpha value is -1.69. The van der Waals surface area contributed by atoms with Crippen molar-refractivity contribution < 1.29 is 9.53 Å². The molecule has 0 aliphatic carbocycles. The van der Waals surface area contributed by atoms with E-state index >= 15 is 0 Å². The predicted molar refractivity (Wildman–Crippen MR) is 78.9 cm³/mol. The van der Waals surface area contributed by atoms with Crippen molar-refractivity contribution in [2.45, 2.75) is 32.2 Å². The van der Waals surface area contributed by atoms with E-state index in [0.29, 0.717) is 13.2 Å². The van der Waals surface area contributed by atoms with Crippen LogP contribution in [0.15, 0.2) is 6.07 Å². The Balaban J connectivity index is 1.74. The van der Waals surface area contributed by atoms with Crippen molar-refractivity contribution in [2.24, 2.45) is 5.92 Å². The molecule has 1 aromatic rings. The summed E-state index contributed by atoms with van der Waals surface area (Å²) >= 11 is 0. The van der Waals surface area contributed by atoms with Crippen LogP contribution in [-0.2, 0) is 9.53 Å². The van der Waals surface area contributed by atoms with Crippen LogP contribution in [0.1, 0.15) is 36.8 Å². The molecule has 2 aliphatic rings. The van der Waals surface area contributed by atoms with Gasteiger partial charge < -0.3 is 15.0 Å². The molecule has 2 saturated heterocycles. The average Bonchev–Trinajstić information content (AvgIpc) is 2.46.